The summed E-state index contributed by atoms with van der Waals surface area (Å²) in [6.45, 7) is 5.52. The number of amides is 1. The summed E-state index contributed by atoms with van der Waals surface area (Å²) in [6.07, 6.45) is 4.37. The van der Waals surface area contributed by atoms with Crippen LogP contribution in [0, 0.1) is 17.8 Å². The largest absolute Gasteiger partial charge is 0.465 e. The molecule has 138 valence electrons. The van der Waals surface area contributed by atoms with Gasteiger partial charge in [0, 0.05) is 6.54 Å². The lowest BCUT2D eigenvalue weighted by molar-refractivity contribution is -0.154. The maximum absolute atomic E-state index is 13.1. The van der Waals surface area contributed by atoms with Crippen LogP contribution >= 0.6 is 0 Å². The minimum atomic E-state index is -0.653. The van der Waals surface area contributed by atoms with E-state index in [1.807, 2.05) is 49.1 Å². The number of likely N-dealkylation sites (tertiary alicyclic amines) is 1. The molecular weight excluding hydrogens is 330 g/mol. The van der Waals surface area contributed by atoms with E-state index in [0.29, 0.717) is 19.7 Å². The number of nitrogens with zero attached hydrogens (tertiary/aromatic N) is 1. The third kappa shape index (κ3) is 2.84. The second-order valence-electron chi connectivity index (χ2n) is 7.92. The van der Waals surface area contributed by atoms with E-state index in [2.05, 4.69) is 12.1 Å². The average Bonchev–Trinajstić information content (AvgIpc) is 3.27. The van der Waals surface area contributed by atoms with E-state index in [0.717, 1.165) is 6.42 Å². The molecule has 4 rings (SSSR count). The molecular formula is C21H25NO4. The van der Waals surface area contributed by atoms with Gasteiger partial charge in [-0.15, -0.1) is 0 Å². The van der Waals surface area contributed by atoms with E-state index in [1.54, 1.807) is 0 Å². The predicted octanol–water partition coefficient (Wildman–Crippen LogP) is 2.21. The van der Waals surface area contributed by atoms with Crippen molar-refractivity contribution in [2.75, 3.05) is 19.7 Å². The van der Waals surface area contributed by atoms with Gasteiger partial charge >= 0.3 is 5.97 Å². The molecule has 5 heteroatoms. The van der Waals surface area contributed by atoms with E-state index in [-0.39, 0.29) is 23.9 Å². The maximum atomic E-state index is 13.1. The summed E-state index contributed by atoms with van der Waals surface area (Å²) in [5.74, 6) is -0.997. The molecule has 5 nitrogen and oxygen atoms in total. The molecule has 1 aromatic carbocycles. The molecule has 2 fully saturated rings. The van der Waals surface area contributed by atoms with E-state index < -0.39 is 17.4 Å². The fourth-order valence-corrected chi connectivity index (χ4v) is 4.29. The topological polar surface area (TPSA) is 55.8 Å². The van der Waals surface area contributed by atoms with Crippen molar-refractivity contribution in [3.63, 3.8) is 0 Å². The quantitative estimate of drug-likeness (QED) is 0.580. The molecule has 0 aliphatic carbocycles. The Hall–Kier alpha value is -2.14. The van der Waals surface area contributed by atoms with Crippen LogP contribution in [-0.2, 0) is 25.5 Å². The Morgan fingerprint density at radius 1 is 1.35 bits per heavy atom. The lowest BCUT2D eigenvalue weighted by atomic mass is 9.77. The van der Waals surface area contributed by atoms with E-state index in [1.165, 1.54) is 5.56 Å². The van der Waals surface area contributed by atoms with Crippen molar-refractivity contribution < 1.29 is 19.1 Å². The fraction of sp³-hybridized carbons (Fsp3) is 0.524. The van der Waals surface area contributed by atoms with Crippen LogP contribution < -0.4 is 0 Å². The van der Waals surface area contributed by atoms with Crippen molar-refractivity contribution in [3.8, 4) is 0 Å². The third-order valence-corrected chi connectivity index (χ3v) is 5.52. The molecule has 1 amide bonds. The molecule has 0 radical (unpaired) electrons. The fourth-order valence-electron chi connectivity index (χ4n) is 4.29. The molecule has 2 saturated heterocycles. The molecule has 0 saturated carbocycles. The Labute approximate surface area is 154 Å². The number of fused-ring (bicyclic) bond motifs is 1. The van der Waals surface area contributed by atoms with Crippen LogP contribution in [0.5, 0.6) is 0 Å². The summed E-state index contributed by atoms with van der Waals surface area (Å²) in [6, 6.07) is 10.1. The molecule has 2 bridgehead atoms. The summed E-state index contributed by atoms with van der Waals surface area (Å²) in [7, 11) is 0. The van der Waals surface area contributed by atoms with Gasteiger partial charge in [0.05, 0.1) is 25.2 Å². The Balaban J connectivity index is 1.47. The second-order valence-corrected chi connectivity index (χ2v) is 7.92. The van der Waals surface area contributed by atoms with Crippen LogP contribution in [0.2, 0.25) is 0 Å². The van der Waals surface area contributed by atoms with E-state index >= 15 is 0 Å². The van der Waals surface area contributed by atoms with Crippen molar-refractivity contribution >= 4 is 11.9 Å². The summed E-state index contributed by atoms with van der Waals surface area (Å²) >= 11 is 0. The maximum Gasteiger partial charge on any atom is 0.312 e. The van der Waals surface area contributed by atoms with Gasteiger partial charge in [0.1, 0.15) is 11.5 Å². The zero-order valence-corrected chi connectivity index (χ0v) is 15.3. The zero-order chi connectivity index (χ0) is 18.3. The van der Waals surface area contributed by atoms with Crippen LogP contribution in [0.1, 0.15) is 19.4 Å². The summed E-state index contributed by atoms with van der Waals surface area (Å²) < 4.78 is 11.5. The Kier molecular flexibility index (Phi) is 4.35. The highest BCUT2D eigenvalue weighted by atomic mass is 16.6. The molecule has 4 atom stereocenters. The van der Waals surface area contributed by atoms with Crippen molar-refractivity contribution in [2.45, 2.75) is 32.0 Å². The molecule has 0 aromatic heterocycles. The van der Waals surface area contributed by atoms with Crippen molar-refractivity contribution in [2.24, 2.45) is 17.8 Å². The number of hydrogen-bond donors (Lipinski definition) is 0. The summed E-state index contributed by atoms with van der Waals surface area (Å²) in [5.41, 5.74) is 0.545. The van der Waals surface area contributed by atoms with Crippen LogP contribution in [0.4, 0.5) is 0 Å². The van der Waals surface area contributed by atoms with Crippen molar-refractivity contribution in [3.05, 3.63) is 48.0 Å². The van der Waals surface area contributed by atoms with Gasteiger partial charge in [-0.3, -0.25) is 9.59 Å². The number of rotatable bonds is 6. The molecule has 3 aliphatic rings. The first-order valence-corrected chi connectivity index (χ1v) is 9.37. The lowest BCUT2D eigenvalue weighted by Gasteiger charge is -2.23. The number of carbonyl (C=O) groups excluding carboxylic acids is 2. The zero-order valence-electron chi connectivity index (χ0n) is 15.3. The van der Waals surface area contributed by atoms with Gasteiger partial charge in [-0.1, -0.05) is 56.3 Å². The first kappa shape index (κ1) is 17.3. The normalized spacial score (nSPS) is 31.7. The second kappa shape index (κ2) is 6.54. The number of carbonyl (C=O) groups is 2. The molecule has 1 aromatic rings. The van der Waals surface area contributed by atoms with Gasteiger partial charge in [-0.2, -0.15) is 0 Å². The van der Waals surface area contributed by atoms with Crippen molar-refractivity contribution in [1.29, 1.82) is 0 Å². The standard InChI is InChI=1S/C21H25NO4/c1-14(2)12-25-20(24)17-16-8-10-21(26-16)13-22(19(23)18(17)21)11-9-15-6-4-3-5-7-15/h3-8,10,14,16-18H,9,11-13H2,1-2H3/t16-,17-,18+,21-/m1/s1. The van der Waals surface area contributed by atoms with Crippen LogP contribution in [0.3, 0.4) is 0 Å². The minimum absolute atomic E-state index is 0.0132. The SMILES string of the molecule is CC(C)COC(=O)[C@H]1[C@H]2C(=O)N(CCc3ccccc3)C[C@]23C=C[C@H]1O3. The van der Waals surface area contributed by atoms with E-state index in [4.69, 9.17) is 9.47 Å². The van der Waals surface area contributed by atoms with Gasteiger partial charge < -0.3 is 14.4 Å². The monoisotopic (exact) mass is 355 g/mol. The number of ether oxygens (including phenoxy) is 2. The van der Waals surface area contributed by atoms with Gasteiger partial charge in [0.2, 0.25) is 5.91 Å². The Morgan fingerprint density at radius 3 is 2.85 bits per heavy atom. The molecule has 1 spiro atoms. The number of benzene rings is 1. The van der Waals surface area contributed by atoms with Crippen LogP contribution in [-0.4, -0.2) is 48.2 Å². The Bertz CT molecular complexity index is 729. The molecule has 26 heavy (non-hydrogen) atoms. The first-order valence-electron chi connectivity index (χ1n) is 9.37. The highest BCUT2D eigenvalue weighted by Crippen LogP contribution is 2.52. The Morgan fingerprint density at radius 2 is 2.12 bits per heavy atom. The van der Waals surface area contributed by atoms with E-state index in [9.17, 15) is 9.59 Å². The minimum Gasteiger partial charge on any atom is -0.465 e. The highest BCUT2D eigenvalue weighted by molar-refractivity contribution is 5.91. The summed E-state index contributed by atoms with van der Waals surface area (Å²) in [4.78, 5) is 27.5. The predicted molar refractivity (Wildman–Crippen MR) is 96.2 cm³/mol. The van der Waals surface area contributed by atoms with Crippen LogP contribution in [0.25, 0.3) is 0 Å². The molecule has 0 unspecified atom stereocenters. The smallest absolute Gasteiger partial charge is 0.312 e. The highest BCUT2D eigenvalue weighted by Gasteiger charge is 2.67. The number of esters is 1. The van der Waals surface area contributed by atoms with Gasteiger partial charge in [-0.05, 0) is 17.9 Å². The average molecular weight is 355 g/mol. The third-order valence-electron chi connectivity index (χ3n) is 5.52. The summed E-state index contributed by atoms with van der Waals surface area (Å²) in [5, 5.41) is 0. The van der Waals surface area contributed by atoms with Crippen molar-refractivity contribution in [1.82, 2.24) is 4.90 Å². The molecule has 3 aliphatic heterocycles. The molecule has 0 N–H and O–H groups in total. The van der Waals surface area contributed by atoms with Gasteiger partial charge in [-0.25, -0.2) is 0 Å². The molecule has 3 heterocycles. The number of hydrogen-bond acceptors (Lipinski definition) is 4. The first-order chi connectivity index (χ1) is 12.5. The van der Waals surface area contributed by atoms with Gasteiger partial charge in [0.15, 0.2) is 0 Å². The lowest BCUT2D eigenvalue weighted by Crippen LogP contribution is -2.40. The van der Waals surface area contributed by atoms with Crippen LogP contribution in [0.15, 0.2) is 42.5 Å². The van der Waals surface area contributed by atoms with Gasteiger partial charge in [0.25, 0.3) is 0 Å².